The third-order valence-electron chi connectivity index (χ3n) is 2.14. The Morgan fingerprint density at radius 3 is 2.69 bits per heavy atom. The summed E-state index contributed by atoms with van der Waals surface area (Å²) in [6, 6.07) is 2.57. The Balaban J connectivity index is 2.69. The van der Waals surface area contributed by atoms with Crippen molar-refractivity contribution in [2.75, 3.05) is 12.0 Å². The molecule has 0 amide bonds. The zero-order valence-electron chi connectivity index (χ0n) is 8.33. The molecule has 2 rings (SSSR count). The van der Waals surface area contributed by atoms with Crippen molar-refractivity contribution in [2.24, 2.45) is 0 Å². The van der Waals surface area contributed by atoms with Crippen molar-refractivity contribution in [1.29, 1.82) is 0 Å². The number of nitrogen functional groups attached to an aromatic ring is 1. The van der Waals surface area contributed by atoms with E-state index in [1.165, 1.54) is 30.1 Å². The van der Waals surface area contributed by atoms with Gasteiger partial charge in [0.15, 0.2) is 0 Å². The fourth-order valence-corrected chi connectivity index (χ4v) is 1.86. The molecule has 3 nitrogen and oxygen atoms in total. The summed E-state index contributed by atoms with van der Waals surface area (Å²) in [5.41, 5.74) is 5.36. The average Bonchev–Trinajstić information content (AvgIpc) is 2.66. The van der Waals surface area contributed by atoms with Gasteiger partial charge in [0.25, 0.3) is 0 Å². The summed E-state index contributed by atoms with van der Waals surface area (Å²) in [6.07, 6.45) is 2.90. The molecule has 0 spiro atoms. The molecule has 1 aromatic carbocycles. The monoisotopic (exact) mass is 242 g/mol. The molecule has 0 radical (unpaired) electrons. The Kier molecular flexibility index (Phi) is 2.82. The molecule has 84 valence electrons. The molecule has 0 unspecified atom stereocenters. The largest absolute Gasteiger partial charge is 0.367 e. The van der Waals surface area contributed by atoms with Crippen LogP contribution < -0.4 is 5.73 Å². The first-order chi connectivity index (χ1) is 7.65. The lowest BCUT2D eigenvalue weighted by molar-refractivity contribution is 0.436. The number of halogens is 2. The van der Waals surface area contributed by atoms with Crippen LogP contribution in [0.15, 0.2) is 27.7 Å². The van der Waals surface area contributed by atoms with Crippen molar-refractivity contribution in [3.05, 3.63) is 30.0 Å². The second-order valence-electron chi connectivity index (χ2n) is 3.04. The van der Waals surface area contributed by atoms with E-state index >= 15 is 0 Å². The van der Waals surface area contributed by atoms with Gasteiger partial charge >= 0.3 is 0 Å². The molecule has 6 heteroatoms. The normalized spacial score (nSPS) is 10.7. The lowest BCUT2D eigenvalue weighted by atomic mass is 10.1. The molecule has 0 bridgehead atoms. The minimum atomic E-state index is -0.690. The van der Waals surface area contributed by atoms with Crippen LogP contribution in [-0.4, -0.2) is 11.4 Å². The van der Waals surface area contributed by atoms with E-state index in [4.69, 9.17) is 5.73 Å². The summed E-state index contributed by atoms with van der Waals surface area (Å²) in [7, 11) is 0. The zero-order chi connectivity index (χ0) is 11.7. The van der Waals surface area contributed by atoms with Gasteiger partial charge in [-0.1, -0.05) is 5.16 Å². The Labute approximate surface area is 94.6 Å². The fraction of sp³-hybridized carbons (Fsp3) is 0.100. The van der Waals surface area contributed by atoms with E-state index in [-0.39, 0.29) is 17.0 Å². The van der Waals surface area contributed by atoms with Crippen LogP contribution in [0.5, 0.6) is 0 Å². The molecule has 0 saturated carbocycles. The molecule has 0 atom stereocenters. The van der Waals surface area contributed by atoms with E-state index in [0.29, 0.717) is 4.90 Å². The van der Waals surface area contributed by atoms with E-state index in [9.17, 15) is 8.78 Å². The van der Waals surface area contributed by atoms with Crippen molar-refractivity contribution in [1.82, 2.24) is 5.16 Å². The van der Waals surface area contributed by atoms with E-state index < -0.39 is 11.6 Å². The minimum Gasteiger partial charge on any atom is -0.367 e. The summed E-state index contributed by atoms with van der Waals surface area (Å²) in [5.74, 6) is -1.44. The van der Waals surface area contributed by atoms with Gasteiger partial charge in [0.05, 0.1) is 17.3 Å². The predicted molar refractivity (Wildman–Crippen MR) is 58.0 cm³/mol. The summed E-state index contributed by atoms with van der Waals surface area (Å²) in [6.45, 7) is 0. The first-order valence-electron chi connectivity index (χ1n) is 4.37. The SMILES string of the molecule is CSc1ccc(F)c(-c2cnoc2N)c1F. The smallest absolute Gasteiger partial charge is 0.230 e. The molecular formula is C10H8F2N2OS. The quantitative estimate of drug-likeness (QED) is 0.822. The van der Waals surface area contributed by atoms with Gasteiger partial charge in [-0.05, 0) is 18.4 Å². The van der Waals surface area contributed by atoms with Crippen LogP contribution in [0.25, 0.3) is 11.1 Å². The van der Waals surface area contributed by atoms with E-state index in [2.05, 4.69) is 9.68 Å². The molecule has 2 aromatic rings. The van der Waals surface area contributed by atoms with Crippen LogP contribution in [0.2, 0.25) is 0 Å². The van der Waals surface area contributed by atoms with E-state index in [1.807, 2.05) is 0 Å². The Morgan fingerprint density at radius 1 is 1.38 bits per heavy atom. The van der Waals surface area contributed by atoms with Crippen molar-refractivity contribution in [2.45, 2.75) is 4.90 Å². The Hall–Kier alpha value is -1.56. The molecule has 1 aromatic heterocycles. The maximum absolute atomic E-state index is 13.9. The number of nitrogens with two attached hydrogens (primary N) is 1. The third kappa shape index (κ3) is 1.65. The highest BCUT2D eigenvalue weighted by atomic mass is 32.2. The number of aromatic nitrogens is 1. The highest BCUT2D eigenvalue weighted by Gasteiger charge is 2.19. The van der Waals surface area contributed by atoms with Crippen LogP contribution in [0.3, 0.4) is 0 Å². The van der Waals surface area contributed by atoms with Crippen LogP contribution in [-0.2, 0) is 0 Å². The topological polar surface area (TPSA) is 52.0 Å². The second kappa shape index (κ2) is 4.13. The summed E-state index contributed by atoms with van der Waals surface area (Å²) in [4.78, 5) is 0.344. The maximum atomic E-state index is 13.9. The first-order valence-corrected chi connectivity index (χ1v) is 5.60. The third-order valence-corrected chi connectivity index (χ3v) is 2.90. The molecular weight excluding hydrogens is 234 g/mol. The summed E-state index contributed by atoms with van der Waals surface area (Å²) in [5, 5.41) is 3.40. The standard InChI is InChI=1S/C10H8F2N2OS/c1-16-7-3-2-6(11)8(9(7)12)5-4-14-15-10(5)13/h2-4H,13H2,1H3. The van der Waals surface area contributed by atoms with Gasteiger partial charge in [-0.15, -0.1) is 11.8 Å². The number of anilines is 1. The number of rotatable bonds is 2. The fourth-order valence-electron chi connectivity index (χ4n) is 1.37. The molecule has 1 heterocycles. The van der Waals surface area contributed by atoms with Gasteiger partial charge in [-0.2, -0.15) is 0 Å². The molecule has 0 aliphatic carbocycles. The van der Waals surface area contributed by atoms with Gasteiger partial charge in [0.2, 0.25) is 5.88 Å². The molecule has 0 fully saturated rings. The average molecular weight is 242 g/mol. The molecule has 16 heavy (non-hydrogen) atoms. The van der Waals surface area contributed by atoms with Crippen LogP contribution in [0, 0.1) is 11.6 Å². The highest BCUT2D eigenvalue weighted by Crippen LogP contribution is 2.34. The number of hydrogen-bond donors (Lipinski definition) is 1. The Bertz CT molecular complexity index is 528. The molecule has 0 aliphatic rings. The summed E-state index contributed by atoms with van der Waals surface area (Å²) < 4.78 is 32.0. The predicted octanol–water partition coefficient (Wildman–Crippen LogP) is 2.92. The van der Waals surface area contributed by atoms with E-state index in [1.54, 1.807) is 6.26 Å². The molecule has 2 N–H and O–H groups in total. The van der Waals surface area contributed by atoms with Crippen molar-refractivity contribution in [3.63, 3.8) is 0 Å². The van der Waals surface area contributed by atoms with Crippen molar-refractivity contribution in [3.8, 4) is 11.1 Å². The second-order valence-corrected chi connectivity index (χ2v) is 3.89. The van der Waals surface area contributed by atoms with Crippen LogP contribution in [0.4, 0.5) is 14.7 Å². The van der Waals surface area contributed by atoms with Gasteiger partial charge in [-0.25, -0.2) is 8.78 Å². The van der Waals surface area contributed by atoms with Gasteiger partial charge in [0.1, 0.15) is 11.6 Å². The number of nitrogens with zero attached hydrogens (tertiary/aromatic N) is 1. The lowest BCUT2D eigenvalue weighted by Crippen LogP contribution is -1.94. The number of hydrogen-bond acceptors (Lipinski definition) is 4. The number of thioether (sulfide) groups is 1. The zero-order valence-corrected chi connectivity index (χ0v) is 9.15. The van der Waals surface area contributed by atoms with E-state index in [0.717, 1.165) is 0 Å². The Morgan fingerprint density at radius 2 is 2.12 bits per heavy atom. The molecule has 0 saturated heterocycles. The van der Waals surface area contributed by atoms with Crippen LogP contribution in [0.1, 0.15) is 0 Å². The number of benzene rings is 1. The van der Waals surface area contributed by atoms with Crippen LogP contribution >= 0.6 is 11.8 Å². The lowest BCUT2D eigenvalue weighted by Gasteiger charge is -2.06. The van der Waals surface area contributed by atoms with Crippen molar-refractivity contribution >= 4 is 17.6 Å². The first kappa shape index (κ1) is 10.9. The van der Waals surface area contributed by atoms with Gasteiger partial charge in [0, 0.05) is 4.90 Å². The minimum absolute atomic E-state index is 0.101. The van der Waals surface area contributed by atoms with Gasteiger partial charge < -0.3 is 10.3 Å². The maximum Gasteiger partial charge on any atom is 0.230 e. The van der Waals surface area contributed by atoms with Gasteiger partial charge in [-0.3, -0.25) is 0 Å². The summed E-state index contributed by atoms with van der Waals surface area (Å²) >= 11 is 1.19. The highest BCUT2D eigenvalue weighted by molar-refractivity contribution is 7.98. The molecule has 0 aliphatic heterocycles. The van der Waals surface area contributed by atoms with Crippen molar-refractivity contribution < 1.29 is 13.3 Å².